The van der Waals surface area contributed by atoms with Crippen LogP contribution in [0, 0.1) is 29.1 Å². The van der Waals surface area contributed by atoms with E-state index in [4.69, 9.17) is 10.8 Å². The molecule has 0 aliphatic carbocycles. The van der Waals surface area contributed by atoms with Gasteiger partial charge in [0.15, 0.2) is 0 Å². The molecule has 0 fully saturated rings. The van der Waals surface area contributed by atoms with Gasteiger partial charge in [-0.2, -0.15) is 8.78 Å². The van der Waals surface area contributed by atoms with Gasteiger partial charge in [-0.1, -0.05) is 0 Å². The molecule has 0 aliphatic rings. The summed E-state index contributed by atoms with van der Waals surface area (Å²) < 4.78 is 80.0. The SMILES string of the molecule is N[C@@H](C[PH](=O)Oc1c(F)c(F)c(F)c(F)c1F)C(=O)O. The maximum absolute atomic E-state index is 13.1. The van der Waals surface area contributed by atoms with E-state index in [1.807, 2.05) is 0 Å². The molecule has 112 valence electrons. The number of halogens is 5. The van der Waals surface area contributed by atoms with E-state index >= 15 is 0 Å². The van der Waals surface area contributed by atoms with Gasteiger partial charge in [-0.05, 0) is 0 Å². The standard InChI is InChI=1S/C9H7F5NO4P/c10-3-4(11)6(13)8(7(14)5(3)12)19-20(18)1-2(15)9(16)17/h2,20H,1,15H2,(H,16,17)/t2-/m0/s1. The van der Waals surface area contributed by atoms with Gasteiger partial charge in [-0.15, -0.1) is 0 Å². The number of aliphatic carboxylic acids is 1. The van der Waals surface area contributed by atoms with E-state index in [0.717, 1.165) is 0 Å². The van der Waals surface area contributed by atoms with Crippen molar-refractivity contribution in [3.8, 4) is 5.75 Å². The van der Waals surface area contributed by atoms with E-state index in [9.17, 15) is 31.3 Å². The minimum absolute atomic E-state index is 0.834. The molecule has 0 radical (unpaired) electrons. The molecule has 0 aromatic heterocycles. The predicted molar refractivity (Wildman–Crippen MR) is 56.3 cm³/mol. The van der Waals surface area contributed by atoms with Crippen molar-refractivity contribution < 1.29 is 40.9 Å². The first-order chi connectivity index (χ1) is 9.16. The van der Waals surface area contributed by atoms with Crippen LogP contribution in [0.2, 0.25) is 0 Å². The molecule has 20 heavy (non-hydrogen) atoms. The molecule has 11 heteroatoms. The van der Waals surface area contributed by atoms with Crippen molar-refractivity contribution in [2.24, 2.45) is 5.73 Å². The smallest absolute Gasteiger partial charge is 0.321 e. The number of hydrogen-bond donors (Lipinski definition) is 2. The third kappa shape index (κ3) is 3.26. The van der Waals surface area contributed by atoms with Crippen molar-refractivity contribution in [2.75, 3.05) is 6.16 Å². The maximum atomic E-state index is 13.1. The summed E-state index contributed by atoms with van der Waals surface area (Å²) in [5.41, 5.74) is 4.98. The van der Waals surface area contributed by atoms with E-state index in [1.165, 1.54) is 0 Å². The summed E-state index contributed by atoms with van der Waals surface area (Å²) in [7, 11) is -3.47. The zero-order valence-corrected chi connectivity index (χ0v) is 10.4. The predicted octanol–water partition coefficient (Wildman–Crippen LogP) is 1.65. The Labute approximate surface area is 109 Å². The zero-order chi connectivity index (χ0) is 15.6. The van der Waals surface area contributed by atoms with Gasteiger partial charge >= 0.3 is 5.97 Å². The molecular weight excluding hydrogens is 312 g/mol. The van der Waals surface area contributed by atoms with Gasteiger partial charge in [0.25, 0.3) is 0 Å². The van der Waals surface area contributed by atoms with E-state index in [2.05, 4.69) is 4.52 Å². The van der Waals surface area contributed by atoms with Crippen LogP contribution in [0.25, 0.3) is 0 Å². The summed E-state index contributed by atoms with van der Waals surface area (Å²) >= 11 is 0. The topological polar surface area (TPSA) is 89.6 Å². The van der Waals surface area contributed by atoms with Crippen LogP contribution in [0.1, 0.15) is 0 Å². The van der Waals surface area contributed by atoms with Crippen molar-refractivity contribution in [1.29, 1.82) is 0 Å². The van der Waals surface area contributed by atoms with Crippen molar-refractivity contribution in [3.63, 3.8) is 0 Å². The van der Waals surface area contributed by atoms with Crippen LogP contribution in [0.5, 0.6) is 5.75 Å². The van der Waals surface area contributed by atoms with Gasteiger partial charge in [-0.25, -0.2) is 13.2 Å². The first-order valence-electron chi connectivity index (χ1n) is 4.87. The molecule has 0 heterocycles. The van der Waals surface area contributed by atoms with E-state index < -0.39 is 61.0 Å². The van der Waals surface area contributed by atoms with Crippen LogP contribution in [0.15, 0.2) is 0 Å². The lowest BCUT2D eigenvalue weighted by atomic mass is 10.3. The van der Waals surface area contributed by atoms with E-state index in [0.29, 0.717) is 0 Å². The molecule has 0 amide bonds. The summed E-state index contributed by atoms with van der Waals surface area (Å²) in [5, 5.41) is 8.41. The fourth-order valence-electron chi connectivity index (χ4n) is 1.10. The molecule has 0 saturated carbocycles. The van der Waals surface area contributed by atoms with E-state index in [1.54, 1.807) is 0 Å². The molecule has 3 N–H and O–H groups in total. The lowest BCUT2D eigenvalue weighted by Crippen LogP contribution is -2.32. The maximum Gasteiger partial charge on any atom is 0.321 e. The molecule has 2 atom stereocenters. The van der Waals surface area contributed by atoms with Crippen molar-refractivity contribution in [2.45, 2.75) is 6.04 Å². The average Bonchev–Trinajstić information content (AvgIpc) is 2.39. The molecule has 0 bridgehead atoms. The molecule has 0 saturated heterocycles. The first kappa shape index (κ1) is 16.4. The van der Waals surface area contributed by atoms with Crippen LogP contribution < -0.4 is 10.3 Å². The van der Waals surface area contributed by atoms with Crippen LogP contribution >= 0.6 is 8.03 Å². The molecule has 1 unspecified atom stereocenters. The third-order valence-electron chi connectivity index (χ3n) is 2.09. The number of benzene rings is 1. The summed E-state index contributed by atoms with van der Waals surface area (Å²) in [6.45, 7) is 0. The van der Waals surface area contributed by atoms with Gasteiger partial charge in [0.1, 0.15) is 6.04 Å². The molecule has 5 nitrogen and oxygen atoms in total. The Morgan fingerprint density at radius 2 is 1.50 bits per heavy atom. The lowest BCUT2D eigenvalue weighted by molar-refractivity contribution is -0.137. The Morgan fingerprint density at radius 3 is 1.90 bits per heavy atom. The molecule has 1 aromatic rings. The molecule has 0 aliphatic heterocycles. The number of carboxylic acid groups (broad SMARTS) is 1. The zero-order valence-electron chi connectivity index (χ0n) is 9.42. The monoisotopic (exact) mass is 319 g/mol. The Kier molecular flexibility index (Phi) is 5.07. The van der Waals surface area contributed by atoms with Gasteiger partial charge in [0.2, 0.25) is 42.9 Å². The number of carboxylic acids is 1. The summed E-state index contributed by atoms with van der Waals surface area (Å²) in [6, 6.07) is -1.66. The van der Waals surface area contributed by atoms with Gasteiger partial charge in [0.05, 0.1) is 6.16 Å². The highest BCUT2D eigenvalue weighted by Crippen LogP contribution is 2.35. The Bertz CT molecular complexity index is 553. The molecule has 1 rings (SSSR count). The van der Waals surface area contributed by atoms with Gasteiger partial charge in [0, 0.05) is 0 Å². The highest BCUT2D eigenvalue weighted by molar-refractivity contribution is 7.39. The minimum Gasteiger partial charge on any atom is -0.480 e. The van der Waals surface area contributed by atoms with Gasteiger partial charge in [-0.3, -0.25) is 9.36 Å². The average molecular weight is 319 g/mol. The second-order valence-corrected chi connectivity index (χ2v) is 4.88. The highest BCUT2D eigenvalue weighted by atomic mass is 31.1. The van der Waals surface area contributed by atoms with Crippen LogP contribution in [-0.2, 0) is 9.36 Å². The van der Waals surface area contributed by atoms with Crippen LogP contribution in [-0.4, -0.2) is 23.3 Å². The largest absolute Gasteiger partial charge is 0.480 e. The Morgan fingerprint density at radius 1 is 1.10 bits per heavy atom. The molecule has 1 aromatic carbocycles. The normalized spacial score (nSPS) is 13.9. The lowest BCUT2D eigenvalue weighted by Gasteiger charge is -2.11. The van der Waals surface area contributed by atoms with Crippen molar-refractivity contribution in [1.82, 2.24) is 0 Å². The fraction of sp³-hybridized carbons (Fsp3) is 0.222. The minimum atomic E-state index is -3.47. The Balaban J connectivity index is 3.05. The molecule has 0 spiro atoms. The number of rotatable bonds is 5. The third-order valence-corrected chi connectivity index (χ3v) is 3.29. The number of carbonyl (C=O) groups is 1. The first-order valence-corrected chi connectivity index (χ1v) is 6.39. The fourth-order valence-corrected chi connectivity index (χ4v) is 2.12. The van der Waals surface area contributed by atoms with Crippen molar-refractivity contribution in [3.05, 3.63) is 29.1 Å². The molecular formula is C9H7F5NO4P. The van der Waals surface area contributed by atoms with Crippen molar-refractivity contribution >= 4 is 14.0 Å². The van der Waals surface area contributed by atoms with Crippen LogP contribution in [0.4, 0.5) is 22.0 Å². The number of hydrogen-bond acceptors (Lipinski definition) is 4. The second kappa shape index (κ2) is 6.19. The van der Waals surface area contributed by atoms with E-state index in [-0.39, 0.29) is 0 Å². The van der Waals surface area contributed by atoms with Gasteiger partial charge < -0.3 is 15.4 Å². The summed E-state index contributed by atoms with van der Waals surface area (Å²) in [5.74, 6) is -14.8. The van der Waals surface area contributed by atoms with Crippen LogP contribution in [0.3, 0.4) is 0 Å². The second-order valence-electron chi connectivity index (χ2n) is 3.52. The quantitative estimate of drug-likeness (QED) is 0.373. The number of nitrogens with two attached hydrogens (primary N) is 1. The summed E-state index contributed by atoms with van der Waals surface area (Å²) in [6.07, 6.45) is -0.834. The highest BCUT2D eigenvalue weighted by Gasteiger charge is 2.28. The Hall–Kier alpha value is -1.67. The summed E-state index contributed by atoms with van der Waals surface area (Å²) in [4.78, 5) is 10.4.